The van der Waals surface area contributed by atoms with Gasteiger partial charge >= 0.3 is 0 Å². The zero-order chi connectivity index (χ0) is 12.2. The molecule has 0 unspecified atom stereocenters. The van der Waals surface area contributed by atoms with Gasteiger partial charge in [0.05, 0.1) is 6.61 Å². The van der Waals surface area contributed by atoms with E-state index < -0.39 is 0 Å². The topological polar surface area (TPSA) is 24.5 Å². The minimum Gasteiger partial charge on any atom is -0.385 e. The van der Waals surface area contributed by atoms with Gasteiger partial charge in [0.1, 0.15) is 0 Å². The van der Waals surface area contributed by atoms with E-state index in [0.717, 1.165) is 45.8 Å². The SMILES string of the molecule is c1cc2c(cc1CN1CCCOCC1)CCCN2. The van der Waals surface area contributed by atoms with Gasteiger partial charge in [0, 0.05) is 38.5 Å². The van der Waals surface area contributed by atoms with Gasteiger partial charge in [-0.05, 0) is 36.5 Å². The fourth-order valence-electron chi connectivity index (χ4n) is 2.84. The molecular formula is C15H22N2O. The fraction of sp³-hybridized carbons (Fsp3) is 0.600. The lowest BCUT2D eigenvalue weighted by molar-refractivity contribution is 0.140. The highest BCUT2D eigenvalue weighted by atomic mass is 16.5. The summed E-state index contributed by atoms with van der Waals surface area (Å²) in [5.41, 5.74) is 4.27. The number of aryl methyl sites for hydroxylation is 1. The van der Waals surface area contributed by atoms with Gasteiger partial charge in [0.2, 0.25) is 0 Å². The second-order valence-electron chi connectivity index (χ2n) is 5.26. The molecule has 2 aliphatic rings. The summed E-state index contributed by atoms with van der Waals surface area (Å²) in [5.74, 6) is 0. The number of rotatable bonds is 2. The molecule has 0 saturated carbocycles. The van der Waals surface area contributed by atoms with Crippen LogP contribution in [0.25, 0.3) is 0 Å². The van der Waals surface area contributed by atoms with Crippen LogP contribution >= 0.6 is 0 Å². The Morgan fingerprint density at radius 2 is 2.17 bits per heavy atom. The van der Waals surface area contributed by atoms with Crippen molar-refractivity contribution in [2.24, 2.45) is 0 Å². The molecule has 1 saturated heterocycles. The average Bonchev–Trinajstić information content (AvgIpc) is 2.67. The van der Waals surface area contributed by atoms with E-state index in [4.69, 9.17) is 4.74 Å². The van der Waals surface area contributed by atoms with Gasteiger partial charge in [-0.2, -0.15) is 0 Å². The van der Waals surface area contributed by atoms with Crippen LogP contribution in [0.4, 0.5) is 5.69 Å². The predicted molar refractivity (Wildman–Crippen MR) is 74.0 cm³/mol. The second-order valence-corrected chi connectivity index (χ2v) is 5.26. The molecule has 2 heterocycles. The Bertz CT molecular complexity index is 397. The van der Waals surface area contributed by atoms with Crippen molar-refractivity contribution in [3.63, 3.8) is 0 Å². The molecule has 3 rings (SSSR count). The third-order valence-corrected chi connectivity index (χ3v) is 3.83. The molecule has 1 N–H and O–H groups in total. The van der Waals surface area contributed by atoms with Crippen LogP contribution in [0.5, 0.6) is 0 Å². The first-order valence-electron chi connectivity index (χ1n) is 7.07. The number of hydrogen-bond donors (Lipinski definition) is 1. The molecule has 1 fully saturated rings. The highest BCUT2D eigenvalue weighted by molar-refractivity contribution is 5.54. The van der Waals surface area contributed by atoms with Crippen molar-refractivity contribution in [2.45, 2.75) is 25.8 Å². The number of benzene rings is 1. The maximum Gasteiger partial charge on any atom is 0.0593 e. The number of anilines is 1. The molecule has 98 valence electrons. The highest BCUT2D eigenvalue weighted by Crippen LogP contribution is 2.23. The van der Waals surface area contributed by atoms with E-state index in [2.05, 4.69) is 28.4 Å². The molecular weight excluding hydrogens is 224 g/mol. The highest BCUT2D eigenvalue weighted by Gasteiger charge is 2.12. The van der Waals surface area contributed by atoms with Gasteiger partial charge in [0.15, 0.2) is 0 Å². The van der Waals surface area contributed by atoms with Crippen LogP contribution in [0.15, 0.2) is 18.2 Å². The summed E-state index contributed by atoms with van der Waals surface area (Å²) in [6, 6.07) is 6.90. The smallest absolute Gasteiger partial charge is 0.0593 e. The molecule has 0 radical (unpaired) electrons. The van der Waals surface area contributed by atoms with Gasteiger partial charge in [-0.1, -0.05) is 12.1 Å². The Hall–Kier alpha value is -1.06. The van der Waals surface area contributed by atoms with E-state index in [-0.39, 0.29) is 0 Å². The van der Waals surface area contributed by atoms with Gasteiger partial charge in [0.25, 0.3) is 0 Å². The molecule has 0 atom stereocenters. The minimum atomic E-state index is 0.881. The van der Waals surface area contributed by atoms with Crippen LogP contribution in [0, 0.1) is 0 Å². The molecule has 3 nitrogen and oxygen atoms in total. The van der Waals surface area contributed by atoms with E-state index >= 15 is 0 Å². The first-order valence-corrected chi connectivity index (χ1v) is 7.07. The number of nitrogens with one attached hydrogen (secondary N) is 1. The Morgan fingerprint density at radius 1 is 1.17 bits per heavy atom. The molecule has 1 aromatic rings. The van der Waals surface area contributed by atoms with Crippen LogP contribution in [0.3, 0.4) is 0 Å². The van der Waals surface area contributed by atoms with Crippen LogP contribution in [-0.2, 0) is 17.7 Å². The summed E-state index contributed by atoms with van der Waals surface area (Å²) in [7, 11) is 0. The molecule has 0 spiro atoms. The molecule has 0 amide bonds. The molecule has 0 aliphatic carbocycles. The summed E-state index contributed by atoms with van der Waals surface area (Å²) in [5, 5.41) is 3.47. The third-order valence-electron chi connectivity index (χ3n) is 3.83. The van der Waals surface area contributed by atoms with Crippen molar-refractivity contribution < 1.29 is 4.74 Å². The van der Waals surface area contributed by atoms with E-state index in [1.807, 2.05) is 0 Å². The molecule has 18 heavy (non-hydrogen) atoms. The summed E-state index contributed by atoms with van der Waals surface area (Å²) in [4.78, 5) is 2.50. The summed E-state index contributed by atoms with van der Waals surface area (Å²) >= 11 is 0. The zero-order valence-electron chi connectivity index (χ0n) is 11.0. The van der Waals surface area contributed by atoms with Gasteiger partial charge in [-0.25, -0.2) is 0 Å². The molecule has 0 bridgehead atoms. The summed E-state index contributed by atoms with van der Waals surface area (Å²) in [6.07, 6.45) is 3.64. The number of hydrogen-bond acceptors (Lipinski definition) is 3. The number of fused-ring (bicyclic) bond motifs is 1. The quantitative estimate of drug-likeness (QED) is 0.866. The first kappa shape index (κ1) is 12.0. The first-order chi connectivity index (χ1) is 8.92. The molecule has 2 aliphatic heterocycles. The van der Waals surface area contributed by atoms with E-state index in [1.54, 1.807) is 0 Å². The third kappa shape index (κ3) is 2.85. The van der Waals surface area contributed by atoms with Crippen molar-refractivity contribution >= 4 is 5.69 Å². The van der Waals surface area contributed by atoms with Crippen molar-refractivity contribution in [1.29, 1.82) is 0 Å². The lowest BCUT2D eigenvalue weighted by Gasteiger charge is -2.22. The predicted octanol–water partition coefficient (Wildman–Crippen LogP) is 2.27. The largest absolute Gasteiger partial charge is 0.385 e. The van der Waals surface area contributed by atoms with Crippen LogP contribution < -0.4 is 5.32 Å². The minimum absolute atomic E-state index is 0.881. The van der Waals surface area contributed by atoms with E-state index in [1.165, 1.54) is 29.7 Å². The summed E-state index contributed by atoms with van der Waals surface area (Å²) in [6.45, 7) is 6.22. The van der Waals surface area contributed by atoms with Gasteiger partial charge < -0.3 is 10.1 Å². The van der Waals surface area contributed by atoms with Crippen LogP contribution in [0.1, 0.15) is 24.0 Å². The fourth-order valence-corrected chi connectivity index (χ4v) is 2.84. The Kier molecular flexibility index (Phi) is 3.81. The normalized spacial score (nSPS) is 20.9. The Morgan fingerprint density at radius 3 is 3.17 bits per heavy atom. The Labute approximate surface area is 109 Å². The van der Waals surface area contributed by atoms with Gasteiger partial charge in [-0.3, -0.25) is 4.90 Å². The monoisotopic (exact) mass is 246 g/mol. The summed E-state index contributed by atoms with van der Waals surface area (Å²) < 4.78 is 5.50. The number of nitrogens with zero attached hydrogens (tertiary/aromatic N) is 1. The standard InChI is InChI=1S/C15H22N2O/c1-3-14-11-13(4-5-15(14)16-6-1)12-17-7-2-9-18-10-8-17/h4-5,11,16H,1-3,6-10,12H2. The van der Waals surface area contributed by atoms with Crippen LogP contribution in [0.2, 0.25) is 0 Å². The van der Waals surface area contributed by atoms with Crippen molar-refractivity contribution in [3.8, 4) is 0 Å². The average molecular weight is 246 g/mol. The zero-order valence-corrected chi connectivity index (χ0v) is 11.0. The Balaban J connectivity index is 1.68. The lowest BCUT2D eigenvalue weighted by atomic mass is 10.0. The maximum absolute atomic E-state index is 5.50. The maximum atomic E-state index is 5.50. The van der Waals surface area contributed by atoms with E-state index in [0.29, 0.717) is 0 Å². The van der Waals surface area contributed by atoms with Crippen molar-refractivity contribution in [2.75, 3.05) is 38.2 Å². The molecule has 0 aromatic heterocycles. The molecule has 3 heteroatoms. The number of ether oxygens (including phenoxy) is 1. The van der Waals surface area contributed by atoms with Crippen molar-refractivity contribution in [3.05, 3.63) is 29.3 Å². The van der Waals surface area contributed by atoms with Crippen molar-refractivity contribution in [1.82, 2.24) is 4.90 Å². The second kappa shape index (κ2) is 5.72. The van der Waals surface area contributed by atoms with Crippen LogP contribution in [-0.4, -0.2) is 37.7 Å². The lowest BCUT2D eigenvalue weighted by Crippen LogP contribution is -2.26. The van der Waals surface area contributed by atoms with Gasteiger partial charge in [-0.15, -0.1) is 0 Å². The van der Waals surface area contributed by atoms with E-state index in [9.17, 15) is 0 Å². The molecule has 1 aromatic carbocycles.